The maximum absolute atomic E-state index is 12.5. The smallest absolute Gasteiger partial charge is 0.441 e. The zero-order valence-electron chi connectivity index (χ0n) is 14.0. The molecule has 0 saturated carbocycles. The van der Waals surface area contributed by atoms with Gasteiger partial charge in [0.15, 0.2) is 0 Å². The molecule has 1 atom stereocenters. The highest BCUT2D eigenvalue weighted by Crippen LogP contribution is 2.31. The Hall–Kier alpha value is -2.08. The number of hydrogen-bond acceptors (Lipinski definition) is 4. The van der Waals surface area contributed by atoms with E-state index >= 15 is 0 Å². The van der Waals surface area contributed by atoms with Crippen molar-refractivity contribution in [1.82, 2.24) is 10.1 Å². The van der Waals surface area contributed by atoms with Gasteiger partial charge in [-0.3, -0.25) is 4.79 Å². The zero-order valence-corrected chi connectivity index (χ0v) is 14.0. The van der Waals surface area contributed by atoms with E-state index in [1.807, 2.05) is 30.3 Å². The van der Waals surface area contributed by atoms with Crippen molar-refractivity contribution in [2.75, 3.05) is 0 Å². The molecule has 0 radical (unpaired) electrons. The van der Waals surface area contributed by atoms with Gasteiger partial charge in [-0.2, -0.15) is 0 Å². The highest BCUT2D eigenvalue weighted by molar-refractivity contribution is 5.80. The first-order valence-electron chi connectivity index (χ1n) is 7.94. The van der Waals surface area contributed by atoms with Crippen molar-refractivity contribution < 1.29 is 14.3 Å². The van der Waals surface area contributed by atoms with Crippen molar-refractivity contribution in [1.29, 1.82) is 0 Å². The number of hydrogen-bond donors (Lipinski definition) is 1. The molecule has 0 aromatic heterocycles. The minimum atomic E-state index is -0.728. The lowest BCUT2D eigenvalue weighted by Crippen LogP contribution is -2.55. The summed E-state index contributed by atoms with van der Waals surface area (Å²) in [5.74, 6) is 5.79. The Balaban J connectivity index is 2.28. The van der Waals surface area contributed by atoms with Gasteiger partial charge in [-0.15, -0.1) is 5.12 Å². The molecule has 1 aromatic rings. The molecule has 23 heavy (non-hydrogen) atoms. The predicted octanol–water partition coefficient (Wildman–Crippen LogP) is 3.16. The summed E-state index contributed by atoms with van der Waals surface area (Å²) in [7, 11) is 0. The number of rotatable bonds is 2. The van der Waals surface area contributed by atoms with Crippen LogP contribution in [0.25, 0.3) is 0 Å². The summed E-state index contributed by atoms with van der Waals surface area (Å²) >= 11 is 0. The summed E-state index contributed by atoms with van der Waals surface area (Å²) in [5, 5.41) is 2.17. The van der Waals surface area contributed by atoms with Crippen molar-refractivity contribution >= 4 is 12.0 Å². The van der Waals surface area contributed by atoms with Crippen LogP contribution in [0.1, 0.15) is 58.1 Å². The van der Waals surface area contributed by atoms with Gasteiger partial charge in [0.1, 0.15) is 5.60 Å². The normalized spacial score (nSPS) is 19.2. The van der Waals surface area contributed by atoms with Crippen LogP contribution in [0.2, 0.25) is 0 Å². The third-order valence-corrected chi connectivity index (χ3v) is 3.67. The molecule has 1 heterocycles. The molecule has 6 heteroatoms. The van der Waals surface area contributed by atoms with Crippen LogP contribution < -0.4 is 5.84 Å². The summed E-state index contributed by atoms with van der Waals surface area (Å²) < 4.78 is 5.29. The Labute approximate surface area is 137 Å². The Bertz CT molecular complexity index is 554. The van der Waals surface area contributed by atoms with Gasteiger partial charge >= 0.3 is 6.09 Å². The molecule has 6 nitrogen and oxygen atoms in total. The average Bonchev–Trinajstić information content (AvgIpc) is 2.67. The van der Waals surface area contributed by atoms with Crippen molar-refractivity contribution in [3.05, 3.63) is 35.9 Å². The molecule has 1 saturated heterocycles. The number of amides is 2. The summed E-state index contributed by atoms with van der Waals surface area (Å²) in [5.41, 5.74) is 0.285. The SMILES string of the molecule is CC(C)(C)OC(=O)N(N)N1C(=O)CCCCC1c1ccccc1. The second kappa shape index (κ2) is 7.00. The first-order chi connectivity index (χ1) is 10.8. The highest BCUT2D eigenvalue weighted by atomic mass is 16.6. The fourth-order valence-corrected chi connectivity index (χ4v) is 2.67. The molecule has 0 spiro atoms. The van der Waals surface area contributed by atoms with E-state index in [0.29, 0.717) is 6.42 Å². The summed E-state index contributed by atoms with van der Waals surface area (Å²) in [6.07, 6.45) is 2.10. The van der Waals surface area contributed by atoms with E-state index in [9.17, 15) is 9.59 Å². The molecule has 1 fully saturated rings. The van der Waals surface area contributed by atoms with E-state index in [0.717, 1.165) is 29.9 Å². The molecule has 1 aliphatic rings. The van der Waals surface area contributed by atoms with Crippen molar-refractivity contribution in [3.63, 3.8) is 0 Å². The molecular weight excluding hydrogens is 294 g/mol. The number of nitrogens with zero attached hydrogens (tertiary/aromatic N) is 2. The quantitative estimate of drug-likeness (QED) is 0.516. The summed E-state index contributed by atoms with van der Waals surface area (Å²) in [6, 6.07) is 9.37. The lowest BCUT2D eigenvalue weighted by atomic mass is 10.0. The first-order valence-corrected chi connectivity index (χ1v) is 7.94. The van der Waals surface area contributed by atoms with E-state index < -0.39 is 11.7 Å². The molecule has 126 valence electrons. The lowest BCUT2D eigenvalue weighted by molar-refractivity contribution is -0.154. The van der Waals surface area contributed by atoms with Crippen LogP contribution in [-0.2, 0) is 9.53 Å². The van der Waals surface area contributed by atoms with Gasteiger partial charge < -0.3 is 4.74 Å². The Kier molecular flexibility index (Phi) is 5.26. The van der Waals surface area contributed by atoms with Crippen LogP contribution >= 0.6 is 0 Å². The molecule has 2 rings (SSSR count). The monoisotopic (exact) mass is 319 g/mol. The number of carbonyl (C=O) groups is 2. The number of ether oxygens (including phenoxy) is 1. The van der Waals surface area contributed by atoms with Crippen molar-refractivity contribution in [3.8, 4) is 0 Å². The molecule has 2 N–H and O–H groups in total. The fourth-order valence-electron chi connectivity index (χ4n) is 2.67. The molecule has 2 amide bonds. The van der Waals surface area contributed by atoms with Crippen LogP contribution in [0, 0.1) is 0 Å². The van der Waals surface area contributed by atoms with Gasteiger partial charge in [0.05, 0.1) is 6.04 Å². The van der Waals surface area contributed by atoms with Crippen LogP contribution in [0.15, 0.2) is 30.3 Å². The van der Waals surface area contributed by atoms with Crippen molar-refractivity contribution in [2.45, 2.75) is 58.1 Å². The molecule has 0 aliphatic carbocycles. The van der Waals surface area contributed by atoms with Crippen LogP contribution in [-0.4, -0.2) is 27.7 Å². The maximum Gasteiger partial charge on any atom is 0.444 e. The topological polar surface area (TPSA) is 75.9 Å². The predicted molar refractivity (Wildman–Crippen MR) is 86.8 cm³/mol. The molecule has 0 bridgehead atoms. The van der Waals surface area contributed by atoms with E-state index in [-0.39, 0.29) is 11.9 Å². The minimum absolute atomic E-state index is 0.162. The van der Waals surface area contributed by atoms with Gasteiger partial charge in [0.25, 0.3) is 0 Å². The van der Waals surface area contributed by atoms with Crippen molar-refractivity contribution in [2.24, 2.45) is 5.84 Å². The summed E-state index contributed by atoms with van der Waals surface area (Å²) in [4.78, 5) is 24.8. The molecule has 1 aromatic carbocycles. The lowest BCUT2D eigenvalue weighted by Gasteiger charge is -2.37. The number of hydrazine groups is 2. The molecule has 1 unspecified atom stereocenters. The van der Waals surface area contributed by atoms with Gasteiger partial charge in [0.2, 0.25) is 5.91 Å². The van der Waals surface area contributed by atoms with Gasteiger partial charge in [0, 0.05) is 6.42 Å². The second-order valence-electron chi connectivity index (χ2n) is 6.74. The van der Waals surface area contributed by atoms with Crippen LogP contribution in [0.5, 0.6) is 0 Å². The number of nitrogens with two attached hydrogens (primary N) is 1. The van der Waals surface area contributed by atoms with Gasteiger partial charge in [-0.1, -0.05) is 36.8 Å². The number of carbonyl (C=O) groups excluding carboxylic acids is 2. The van der Waals surface area contributed by atoms with E-state index in [1.54, 1.807) is 20.8 Å². The first kappa shape index (κ1) is 17.3. The standard InChI is InChI=1S/C17H25N3O3/c1-17(2,3)23-16(22)20(18)19-14(11-7-8-12-15(19)21)13-9-5-4-6-10-13/h4-6,9-10,14H,7-8,11-12,18H2,1-3H3. The Morgan fingerprint density at radius 1 is 1.26 bits per heavy atom. The average molecular weight is 319 g/mol. The molecular formula is C17H25N3O3. The second-order valence-corrected chi connectivity index (χ2v) is 6.74. The van der Waals surface area contributed by atoms with E-state index in [2.05, 4.69) is 0 Å². The fraction of sp³-hybridized carbons (Fsp3) is 0.529. The van der Waals surface area contributed by atoms with E-state index in [4.69, 9.17) is 10.6 Å². The van der Waals surface area contributed by atoms with Gasteiger partial charge in [-0.05, 0) is 39.2 Å². The van der Waals surface area contributed by atoms with Crippen LogP contribution in [0.4, 0.5) is 4.79 Å². The third-order valence-electron chi connectivity index (χ3n) is 3.67. The highest BCUT2D eigenvalue weighted by Gasteiger charge is 2.35. The Morgan fingerprint density at radius 2 is 1.91 bits per heavy atom. The summed E-state index contributed by atoms with van der Waals surface area (Å²) in [6.45, 7) is 5.28. The molecule has 1 aliphatic heterocycles. The maximum atomic E-state index is 12.5. The number of benzene rings is 1. The third kappa shape index (κ3) is 4.45. The Morgan fingerprint density at radius 3 is 2.52 bits per heavy atom. The van der Waals surface area contributed by atoms with Crippen LogP contribution in [0.3, 0.4) is 0 Å². The largest absolute Gasteiger partial charge is 0.444 e. The van der Waals surface area contributed by atoms with Gasteiger partial charge in [-0.25, -0.2) is 15.6 Å². The zero-order chi connectivity index (χ0) is 17.0. The van der Waals surface area contributed by atoms with E-state index in [1.165, 1.54) is 5.01 Å². The minimum Gasteiger partial charge on any atom is -0.441 e.